The van der Waals surface area contributed by atoms with Crippen molar-refractivity contribution in [3.8, 4) is 0 Å². The number of benzene rings is 3. The van der Waals surface area contributed by atoms with E-state index in [-0.39, 0.29) is 11.8 Å². The SMILES string of the molecule is CC(=O)Nc1cccc(C(=O)NN=Cc2c(C)n(Cc3ccc(Cl)cc3)c3ccccc23)c1. The molecule has 0 saturated carbocycles. The first-order chi connectivity index (χ1) is 15.9. The van der Waals surface area contributed by atoms with Gasteiger partial charge in [0.15, 0.2) is 0 Å². The van der Waals surface area contributed by atoms with Crippen molar-refractivity contribution in [1.29, 1.82) is 0 Å². The second-order valence-electron chi connectivity index (χ2n) is 7.69. The molecular formula is C26H23ClN4O2. The standard InChI is InChI=1S/C26H23ClN4O2/c1-17-24(15-28-30-26(33)20-6-5-7-22(14-20)29-18(2)32)23-8-3-4-9-25(23)31(17)16-19-10-12-21(27)13-11-19/h3-15H,16H2,1-2H3,(H,29,32)(H,30,33). The van der Waals surface area contributed by atoms with Crippen LogP contribution in [0.4, 0.5) is 5.69 Å². The molecule has 0 aliphatic rings. The van der Waals surface area contributed by atoms with Gasteiger partial charge < -0.3 is 9.88 Å². The number of aromatic nitrogens is 1. The van der Waals surface area contributed by atoms with Gasteiger partial charge in [-0.25, -0.2) is 5.43 Å². The van der Waals surface area contributed by atoms with Crippen LogP contribution in [0.15, 0.2) is 77.9 Å². The van der Waals surface area contributed by atoms with Gasteiger partial charge >= 0.3 is 0 Å². The largest absolute Gasteiger partial charge is 0.340 e. The molecule has 33 heavy (non-hydrogen) atoms. The molecule has 7 heteroatoms. The number of fused-ring (bicyclic) bond motifs is 1. The Balaban J connectivity index is 1.57. The molecule has 4 rings (SSSR count). The van der Waals surface area contributed by atoms with Crippen LogP contribution in [0.1, 0.15) is 34.1 Å². The number of nitrogens with one attached hydrogen (secondary N) is 2. The molecule has 4 aromatic rings. The Hall–Kier alpha value is -3.90. The van der Waals surface area contributed by atoms with Crippen molar-refractivity contribution in [2.75, 3.05) is 5.32 Å². The average Bonchev–Trinajstić information content (AvgIpc) is 3.06. The van der Waals surface area contributed by atoms with Crippen LogP contribution in [0.3, 0.4) is 0 Å². The van der Waals surface area contributed by atoms with Gasteiger partial charge in [-0.2, -0.15) is 5.10 Å². The molecule has 0 radical (unpaired) electrons. The first-order valence-corrected chi connectivity index (χ1v) is 10.8. The monoisotopic (exact) mass is 458 g/mol. The molecule has 0 bridgehead atoms. The average molecular weight is 459 g/mol. The maximum Gasteiger partial charge on any atom is 0.271 e. The van der Waals surface area contributed by atoms with Crippen LogP contribution >= 0.6 is 11.6 Å². The summed E-state index contributed by atoms with van der Waals surface area (Å²) in [7, 11) is 0. The fourth-order valence-electron chi connectivity index (χ4n) is 3.76. The molecule has 0 unspecified atom stereocenters. The van der Waals surface area contributed by atoms with Gasteiger partial charge in [-0.05, 0) is 48.9 Å². The highest BCUT2D eigenvalue weighted by Gasteiger charge is 2.13. The van der Waals surface area contributed by atoms with Crippen LogP contribution in [0, 0.1) is 6.92 Å². The Labute approximate surface area is 196 Å². The number of hydrazone groups is 1. The Kier molecular flexibility index (Phi) is 6.56. The number of nitrogens with zero attached hydrogens (tertiary/aromatic N) is 2. The maximum absolute atomic E-state index is 12.5. The second-order valence-corrected chi connectivity index (χ2v) is 8.13. The summed E-state index contributed by atoms with van der Waals surface area (Å²) in [5.41, 5.74) is 7.74. The van der Waals surface area contributed by atoms with Crippen molar-refractivity contribution in [2.24, 2.45) is 5.10 Å². The Morgan fingerprint density at radius 1 is 1.03 bits per heavy atom. The molecule has 0 aliphatic carbocycles. The third-order valence-electron chi connectivity index (χ3n) is 5.34. The summed E-state index contributed by atoms with van der Waals surface area (Å²) >= 11 is 6.03. The summed E-state index contributed by atoms with van der Waals surface area (Å²) in [6.45, 7) is 4.15. The molecule has 2 N–H and O–H groups in total. The van der Waals surface area contributed by atoms with Gasteiger partial charge in [0, 0.05) is 51.9 Å². The van der Waals surface area contributed by atoms with Gasteiger partial charge in [-0.1, -0.05) is 48.0 Å². The van der Waals surface area contributed by atoms with Crippen molar-refractivity contribution >= 4 is 46.2 Å². The molecule has 1 heterocycles. The number of anilines is 1. The first kappa shape index (κ1) is 22.3. The maximum atomic E-state index is 12.5. The van der Waals surface area contributed by atoms with Crippen LogP contribution in [0.25, 0.3) is 10.9 Å². The van der Waals surface area contributed by atoms with E-state index in [1.807, 2.05) is 49.4 Å². The summed E-state index contributed by atoms with van der Waals surface area (Å²) in [6, 6.07) is 22.6. The minimum atomic E-state index is -0.360. The van der Waals surface area contributed by atoms with E-state index in [9.17, 15) is 9.59 Å². The summed E-state index contributed by atoms with van der Waals surface area (Å²) in [5, 5.41) is 8.63. The lowest BCUT2D eigenvalue weighted by atomic mass is 10.1. The number of carbonyl (C=O) groups is 2. The summed E-state index contributed by atoms with van der Waals surface area (Å²) < 4.78 is 2.22. The topological polar surface area (TPSA) is 75.5 Å². The van der Waals surface area contributed by atoms with Gasteiger partial charge in [0.1, 0.15) is 0 Å². The molecule has 1 aromatic heterocycles. The number of amides is 2. The molecule has 3 aromatic carbocycles. The van der Waals surface area contributed by atoms with Crippen molar-refractivity contribution in [2.45, 2.75) is 20.4 Å². The van der Waals surface area contributed by atoms with Gasteiger partial charge in [0.25, 0.3) is 5.91 Å². The zero-order valence-electron chi connectivity index (χ0n) is 18.3. The lowest BCUT2D eigenvalue weighted by Crippen LogP contribution is -2.18. The minimum absolute atomic E-state index is 0.198. The van der Waals surface area contributed by atoms with Gasteiger partial charge in [0.05, 0.1) is 6.21 Å². The zero-order valence-corrected chi connectivity index (χ0v) is 19.1. The third kappa shape index (κ3) is 5.13. The predicted molar refractivity (Wildman–Crippen MR) is 133 cm³/mol. The van der Waals surface area contributed by atoms with Gasteiger partial charge in [0.2, 0.25) is 5.91 Å². The Bertz CT molecular complexity index is 1360. The quantitative estimate of drug-likeness (QED) is 0.301. The normalized spacial score (nSPS) is 11.1. The number of rotatable bonds is 6. The predicted octanol–water partition coefficient (Wildman–Crippen LogP) is 5.37. The smallest absolute Gasteiger partial charge is 0.271 e. The summed E-state index contributed by atoms with van der Waals surface area (Å²) in [6.07, 6.45) is 1.67. The van der Waals surface area contributed by atoms with Gasteiger partial charge in [-0.15, -0.1) is 0 Å². The van der Waals surface area contributed by atoms with E-state index in [0.717, 1.165) is 27.7 Å². The van der Waals surface area contributed by atoms with Crippen molar-refractivity contribution in [1.82, 2.24) is 9.99 Å². The molecule has 0 saturated heterocycles. The number of carbonyl (C=O) groups excluding carboxylic acids is 2. The van der Waals surface area contributed by atoms with Gasteiger partial charge in [-0.3, -0.25) is 9.59 Å². The number of hydrogen-bond donors (Lipinski definition) is 2. The van der Waals surface area contributed by atoms with Crippen LogP contribution in [-0.2, 0) is 11.3 Å². The van der Waals surface area contributed by atoms with E-state index in [0.29, 0.717) is 22.8 Å². The molecular weight excluding hydrogens is 436 g/mol. The van der Waals surface area contributed by atoms with E-state index in [1.54, 1.807) is 30.5 Å². The van der Waals surface area contributed by atoms with Crippen molar-refractivity contribution in [3.05, 3.63) is 100 Å². The molecule has 0 aliphatic heterocycles. The van der Waals surface area contributed by atoms with Crippen molar-refractivity contribution in [3.63, 3.8) is 0 Å². The molecule has 0 atom stereocenters. The van der Waals surface area contributed by atoms with E-state index in [4.69, 9.17) is 11.6 Å². The highest BCUT2D eigenvalue weighted by atomic mass is 35.5. The van der Waals surface area contributed by atoms with Crippen molar-refractivity contribution < 1.29 is 9.59 Å². The fraction of sp³-hybridized carbons (Fsp3) is 0.115. The molecule has 6 nitrogen and oxygen atoms in total. The van der Waals surface area contributed by atoms with E-state index < -0.39 is 0 Å². The summed E-state index contributed by atoms with van der Waals surface area (Å²) in [4.78, 5) is 23.8. The molecule has 0 spiro atoms. The Morgan fingerprint density at radius 2 is 1.79 bits per heavy atom. The fourth-order valence-corrected chi connectivity index (χ4v) is 3.88. The lowest BCUT2D eigenvalue weighted by molar-refractivity contribution is -0.114. The van der Waals surface area contributed by atoms with E-state index in [2.05, 4.69) is 26.5 Å². The van der Waals surface area contributed by atoms with E-state index in [1.165, 1.54) is 6.92 Å². The second kappa shape index (κ2) is 9.71. The lowest BCUT2D eigenvalue weighted by Gasteiger charge is -2.09. The number of para-hydroxylation sites is 1. The van der Waals surface area contributed by atoms with Crippen LogP contribution in [0.2, 0.25) is 5.02 Å². The summed E-state index contributed by atoms with van der Waals surface area (Å²) in [5.74, 6) is -0.558. The number of hydrogen-bond acceptors (Lipinski definition) is 3. The zero-order chi connectivity index (χ0) is 23.4. The number of halogens is 1. The first-order valence-electron chi connectivity index (χ1n) is 10.5. The molecule has 166 valence electrons. The molecule has 0 fully saturated rings. The third-order valence-corrected chi connectivity index (χ3v) is 5.59. The molecule has 2 amide bonds. The van der Waals surface area contributed by atoms with Crippen LogP contribution < -0.4 is 10.7 Å². The highest BCUT2D eigenvalue weighted by Crippen LogP contribution is 2.26. The van der Waals surface area contributed by atoms with Crippen LogP contribution in [0.5, 0.6) is 0 Å². The minimum Gasteiger partial charge on any atom is -0.340 e. The highest BCUT2D eigenvalue weighted by molar-refractivity contribution is 6.30. The van der Waals surface area contributed by atoms with Crippen LogP contribution in [-0.4, -0.2) is 22.6 Å². The Morgan fingerprint density at radius 3 is 2.55 bits per heavy atom. The van der Waals surface area contributed by atoms with E-state index >= 15 is 0 Å².